The van der Waals surface area contributed by atoms with Crippen LogP contribution in [0.2, 0.25) is 0 Å². The molecule has 20 heavy (non-hydrogen) atoms. The van der Waals surface area contributed by atoms with Crippen molar-refractivity contribution in [2.24, 2.45) is 0 Å². The Morgan fingerprint density at radius 1 is 1.25 bits per heavy atom. The average Bonchev–Trinajstić information content (AvgIpc) is 2.47. The van der Waals surface area contributed by atoms with Crippen LogP contribution in [0.1, 0.15) is 18.4 Å². The fraction of sp³-hybridized carbons (Fsp3) is 0.500. The van der Waals surface area contributed by atoms with Crippen LogP contribution < -0.4 is 0 Å². The highest BCUT2D eigenvalue weighted by Crippen LogP contribution is 2.14. The van der Waals surface area contributed by atoms with Gasteiger partial charge < -0.3 is 10.0 Å². The van der Waals surface area contributed by atoms with Gasteiger partial charge in [0.2, 0.25) is 0 Å². The van der Waals surface area contributed by atoms with E-state index in [1.165, 1.54) is 24.3 Å². The number of likely N-dealkylation sites (tertiary alicyclic amines) is 1. The number of nitriles is 1. The summed E-state index contributed by atoms with van der Waals surface area (Å²) in [4.78, 5) is 2.32. The second kappa shape index (κ2) is 6.35. The predicted octanol–water partition coefficient (Wildman–Crippen LogP) is 0.789. The summed E-state index contributed by atoms with van der Waals surface area (Å²) in [5, 5.41) is 18.1. The molecular formula is C14H18N2O3S. The Morgan fingerprint density at radius 3 is 2.40 bits per heavy atom. The topological polar surface area (TPSA) is 81.4 Å². The predicted molar refractivity (Wildman–Crippen MR) is 74.9 cm³/mol. The van der Waals surface area contributed by atoms with E-state index in [0.717, 1.165) is 13.1 Å². The van der Waals surface area contributed by atoms with E-state index in [-0.39, 0.29) is 16.8 Å². The molecule has 0 amide bonds. The van der Waals surface area contributed by atoms with Crippen molar-refractivity contribution in [1.82, 2.24) is 4.90 Å². The molecule has 0 radical (unpaired) electrons. The molecule has 0 spiro atoms. The molecular weight excluding hydrogens is 276 g/mol. The van der Waals surface area contributed by atoms with E-state index in [9.17, 15) is 13.5 Å². The van der Waals surface area contributed by atoms with E-state index >= 15 is 0 Å². The molecule has 2 rings (SSSR count). The van der Waals surface area contributed by atoms with Gasteiger partial charge in [-0.2, -0.15) is 5.26 Å². The molecule has 0 aliphatic carbocycles. The minimum absolute atomic E-state index is 0.0645. The van der Waals surface area contributed by atoms with Gasteiger partial charge in [0.15, 0.2) is 9.84 Å². The van der Waals surface area contributed by atoms with Gasteiger partial charge in [-0.15, -0.1) is 0 Å². The quantitative estimate of drug-likeness (QED) is 0.888. The van der Waals surface area contributed by atoms with Gasteiger partial charge in [0.05, 0.1) is 28.4 Å². The van der Waals surface area contributed by atoms with Gasteiger partial charge in [-0.25, -0.2) is 8.42 Å². The Hall–Kier alpha value is -1.42. The lowest BCUT2D eigenvalue weighted by atomic mass is 10.1. The summed E-state index contributed by atoms with van der Waals surface area (Å²) in [5.41, 5.74) is 0.453. The van der Waals surface area contributed by atoms with Crippen molar-refractivity contribution in [3.8, 4) is 6.07 Å². The minimum atomic E-state index is -3.31. The highest BCUT2D eigenvalue weighted by Gasteiger charge is 2.20. The summed E-state index contributed by atoms with van der Waals surface area (Å²) < 4.78 is 24.4. The van der Waals surface area contributed by atoms with E-state index < -0.39 is 9.84 Å². The van der Waals surface area contributed by atoms with Crippen LogP contribution in [0.15, 0.2) is 29.2 Å². The van der Waals surface area contributed by atoms with Gasteiger partial charge in [0.25, 0.3) is 0 Å². The summed E-state index contributed by atoms with van der Waals surface area (Å²) in [6.45, 7) is 1.96. The molecule has 1 saturated heterocycles. The lowest BCUT2D eigenvalue weighted by Crippen LogP contribution is -2.38. The van der Waals surface area contributed by atoms with Crippen LogP contribution in [0.5, 0.6) is 0 Å². The van der Waals surface area contributed by atoms with Crippen molar-refractivity contribution in [1.29, 1.82) is 5.26 Å². The average molecular weight is 294 g/mol. The molecule has 1 fully saturated rings. The summed E-state index contributed by atoms with van der Waals surface area (Å²) in [7, 11) is -3.31. The normalized spacial score (nSPS) is 17.8. The van der Waals surface area contributed by atoms with Gasteiger partial charge in [0.1, 0.15) is 0 Å². The van der Waals surface area contributed by atoms with Crippen molar-refractivity contribution < 1.29 is 13.5 Å². The first-order valence-corrected chi connectivity index (χ1v) is 8.30. The summed E-state index contributed by atoms with van der Waals surface area (Å²) in [6.07, 6.45) is 1.16. The van der Waals surface area contributed by atoms with Crippen molar-refractivity contribution in [2.45, 2.75) is 23.8 Å². The van der Waals surface area contributed by atoms with Gasteiger partial charge in [-0.05, 0) is 37.1 Å². The third-order valence-corrected chi connectivity index (χ3v) is 5.29. The molecule has 1 heterocycles. The molecule has 108 valence electrons. The van der Waals surface area contributed by atoms with E-state index in [0.29, 0.717) is 24.9 Å². The second-order valence-corrected chi connectivity index (χ2v) is 7.14. The molecule has 0 saturated carbocycles. The fourth-order valence-corrected chi connectivity index (χ4v) is 3.53. The van der Waals surface area contributed by atoms with E-state index in [1.807, 2.05) is 6.07 Å². The molecule has 1 aromatic carbocycles. The van der Waals surface area contributed by atoms with Gasteiger partial charge in [-0.3, -0.25) is 0 Å². The zero-order valence-electron chi connectivity index (χ0n) is 11.2. The lowest BCUT2D eigenvalue weighted by Gasteiger charge is -2.29. The standard InChI is InChI=1S/C14H18N2O3S/c15-11-12-1-3-14(4-2-12)20(18,19)10-9-16-7-5-13(17)6-8-16/h1-4,13,17H,5-10H2. The zero-order valence-corrected chi connectivity index (χ0v) is 12.0. The van der Waals surface area contributed by atoms with Crippen LogP contribution in [0, 0.1) is 11.3 Å². The Bertz CT molecular complexity index is 582. The Labute approximate surface area is 119 Å². The first-order chi connectivity index (χ1) is 9.51. The molecule has 1 aromatic rings. The van der Waals surface area contributed by atoms with E-state index in [1.54, 1.807) is 0 Å². The lowest BCUT2D eigenvalue weighted by molar-refractivity contribution is 0.0855. The maximum atomic E-state index is 12.2. The van der Waals surface area contributed by atoms with Crippen LogP contribution in [0.25, 0.3) is 0 Å². The van der Waals surface area contributed by atoms with Gasteiger partial charge in [0, 0.05) is 19.6 Å². The number of aliphatic hydroxyl groups is 1. The van der Waals surface area contributed by atoms with Crippen LogP contribution >= 0.6 is 0 Å². The maximum absolute atomic E-state index is 12.2. The molecule has 0 aromatic heterocycles. The number of hydrogen-bond acceptors (Lipinski definition) is 5. The maximum Gasteiger partial charge on any atom is 0.179 e. The van der Waals surface area contributed by atoms with E-state index in [4.69, 9.17) is 5.26 Å². The third kappa shape index (κ3) is 3.79. The molecule has 1 N–H and O–H groups in total. The molecule has 0 unspecified atom stereocenters. The highest BCUT2D eigenvalue weighted by atomic mass is 32.2. The van der Waals surface area contributed by atoms with Crippen LogP contribution in [-0.2, 0) is 9.84 Å². The summed E-state index contributed by atoms with van der Waals surface area (Å²) in [5.74, 6) is 0.0645. The van der Waals surface area contributed by atoms with Crippen LogP contribution in [-0.4, -0.2) is 49.9 Å². The SMILES string of the molecule is N#Cc1ccc(S(=O)(=O)CCN2CCC(O)CC2)cc1. The van der Waals surface area contributed by atoms with Crippen molar-refractivity contribution in [3.05, 3.63) is 29.8 Å². The van der Waals surface area contributed by atoms with E-state index in [2.05, 4.69) is 4.90 Å². The van der Waals surface area contributed by atoms with Crippen molar-refractivity contribution in [3.63, 3.8) is 0 Å². The molecule has 5 nitrogen and oxygen atoms in total. The monoisotopic (exact) mass is 294 g/mol. The van der Waals surface area contributed by atoms with Gasteiger partial charge >= 0.3 is 0 Å². The van der Waals surface area contributed by atoms with Crippen molar-refractivity contribution in [2.75, 3.05) is 25.4 Å². The number of aliphatic hydroxyl groups excluding tert-OH is 1. The Kier molecular flexibility index (Phi) is 4.76. The third-order valence-electron chi connectivity index (χ3n) is 3.58. The fourth-order valence-electron chi connectivity index (χ4n) is 2.25. The first kappa shape index (κ1) is 15.0. The minimum Gasteiger partial charge on any atom is -0.393 e. The number of hydrogen-bond donors (Lipinski definition) is 1. The Morgan fingerprint density at radius 2 is 1.85 bits per heavy atom. The Balaban J connectivity index is 1.95. The number of nitrogens with zero attached hydrogens (tertiary/aromatic N) is 2. The number of rotatable bonds is 4. The summed E-state index contributed by atoms with van der Waals surface area (Å²) >= 11 is 0. The second-order valence-electron chi connectivity index (χ2n) is 5.03. The smallest absolute Gasteiger partial charge is 0.179 e. The van der Waals surface area contributed by atoms with Crippen molar-refractivity contribution >= 4 is 9.84 Å². The zero-order chi connectivity index (χ0) is 14.6. The molecule has 0 bridgehead atoms. The molecule has 0 atom stereocenters. The molecule has 6 heteroatoms. The molecule has 1 aliphatic rings. The first-order valence-electron chi connectivity index (χ1n) is 6.64. The number of sulfone groups is 1. The number of benzene rings is 1. The highest BCUT2D eigenvalue weighted by molar-refractivity contribution is 7.91. The van der Waals surface area contributed by atoms with Crippen LogP contribution in [0.3, 0.4) is 0 Å². The summed E-state index contributed by atoms with van der Waals surface area (Å²) in [6, 6.07) is 7.96. The van der Waals surface area contributed by atoms with Gasteiger partial charge in [-0.1, -0.05) is 0 Å². The van der Waals surface area contributed by atoms with Crippen LogP contribution in [0.4, 0.5) is 0 Å². The number of piperidine rings is 1. The molecule has 1 aliphatic heterocycles. The largest absolute Gasteiger partial charge is 0.393 e.